The highest BCUT2D eigenvalue weighted by atomic mass is 32.1. The van der Waals surface area contributed by atoms with Crippen LogP contribution in [0.25, 0.3) is 0 Å². The van der Waals surface area contributed by atoms with Crippen LogP contribution in [0.1, 0.15) is 59.8 Å². The summed E-state index contributed by atoms with van der Waals surface area (Å²) >= 11 is 1.08. The predicted molar refractivity (Wildman–Crippen MR) is 95.5 cm³/mol. The maximum absolute atomic E-state index is 12.2. The number of carbonyl (C=O) groups is 2. The van der Waals surface area contributed by atoms with E-state index in [2.05, 4.69) is 20.2 Å². The molecule has 1 aromatic carbocycles. The quantitative estimate of drug-likeness (QED) is 0.841. The van der Waals surface area contributed by atoms with Gasteiger partial charge in [-0.25, -0.2) is 0 Å². The SMILES string of the molecule is CCc1nnsc1C(=O)Nc1ccc(C(=O)NC(C)(C)CC)cc1. The Hall–Kier alpha value is -2.28. The Morgan fingerprint density at radius 2 is 1.79 bits per heavy atom. The molecule has 0 radical (unpaired) electrons. The Kier molecular flexibility index (Phi) is 5.66. The summed E-state index contributed by atoms with van der Waals surface area (Å²) in [7, 11) is 0. The number of aryl methyl sites for hydroxylation is 1. The van der Waals surface area contributed by atoms with Gasteiger partial charge in [-0.05, 0) is 62.5 Å². The molecule has 0 aliphatic carbocycles. The molecule has 2 aromatic rings. The molecule has 2 rings (SSSR count). The van der Waals surface area contributed by atoms with Crippen LogP contribution < -0.4 is 10.6 Å². The van der Waals surface area contributed by atoms with Gasteiger partial charge >= 0.3 is 0 Å². The molecule has 0 aliphatic rings. The van der Waals surface area contributed by atoms with Crippen molar-refractivity contribution in [3.63, 3.8) is 0 Å². The molecular formula is C17H22N4O2S. The van der Waals surface area contributed by atoms with Crippen LogP contribution in [-0.4, -0.2) is 26.9 Å². The number of carbonyl (C=O) groups excluding carboxylic acids is 2. The Morgan fingerprint density at radius 1 is 1.12 bits per heavy atom. The number of benzene rings is 1. The lowest BCUT2D eigenvalue weighted by Crippen LogP contribution is -2.42. The van der Waals surface area contributed by atoms with Crippen molar-refractivity contribution >= 4 is 29.0 Å². The molecule has 7 heteroatoms. The Bertz CT molecular complexity index is 722. The van der Waals surface area contributed by atoms with Crippen LogP contribution in [0.5, 0.6) is 0 Å². The van der Waals surface area contributed by atoms with Crippen LogP contribution >= 0.6 is 11.5 Å². The summed E-state index contributed by atoms with van der Waals surface area (Å²) in [5.74, 6) is -0.356. The summed E-state index contributed by atoms with van der Waals surface area (Å²) in [6, 6.07) is 6.82. The number of rotatable bonds is 6. The normalized spacial score (nSPS) is 11.2. The van der Waals surface area contributed by atoms with E-state index >= 15 is 0 Å². The largest absolute Gasteiger partial charge is 0.347 e. The second-order valence-corrected chi connectivity index (χ2v) is 6.88. The van der Waals surface area contributed by atoms with Gasteiger partial charge in [0, 0.05) is 16.8 Å². The summed E-state index contributed by atoms with van der Waals surface area (Å²) in [5.41, 5.74) is 1.62. The third kappa shape index (κ3) is 4.38. The molecule has 0 saturated heterocycles. The summed E-state index contributed by atoms with van der Waals surface area (Å²) in [4.78, 5) is 25.0. The molecule has 0 spiro atoms. The molecule has 2 amide bonds. The summed E-state index contributed by atoms with van der Waals surface area (Å²) < 4.78 is 3.81. The summed E-state index contributed by atoms with van der Waals surface area (Å²) in [6.07, 6.45) is 1.50. The topological polar surface area (TPSA) is 84.0 Å². The molecular weight excluding hydrogens is 324 g/mol. The van der Waals surface area contributed by atoms with Crippen molar-refractivity contribution in [1.29, 1.82) is 0 Å². The van der Waals surface area contributed by atoms with Crippen LogP contribution in [0.3, 0.4) is 0 Å². The van der Waals surface area contributed by atoms with Gasteiger partial charge in [-0.2, -0.15) is 0 Å². The molecule has 1 aromatic heterocycles. The molecule has 0 bridgehead atoms. The first-order chi connectivity index (χ1) is 11.4. The Balaban J connectivity index is 2.04. The van der Waals surface area contributed by atoms with Crippen LogP contribution in [-0.2, 0) is 6.42 Å². The van der Waals surface area contributed by atoms with E-state index in [1.807, 2.05) is 27.7 Å². The maximum atomic E-state index is 12.2. The van der Waals surface area contributed by atoms with Crippen LogP contribution in [0.15, 0.2) is 24.3 Å². The lowest BCUT2D eigenvalue weighted by Gasteiger charge is -2.24. The van der Waals surface area contributed by atoms with Crippen molar-refractivity contribution in [2.45, 2.75) is 46.1 Å². The van der Waals surface area contributed by atoms with E-state index < -0.39 is 0 Å². The molecule has 2 N–H and O–H groups in total. The van der Waals surface area contributed by atoms with Crippen LogP contribution in [0, 0.1) is 0 Å². The molecule has 0 aliphatic heterocycles. The van der Waals surface area contributed by atoms with Gasteiger partial charge in [0.1, 0.15) is 4.88 Å². The second-order valence-electron chi connectivity index (χ2n) is 6.13. The van der Waals surface area contributed by atoms with Crippen molar-refractivity contribution < 1.29 is 9.59 Å². The zero-order chi connectivity index (χ0) is 17.7. The van der Waals surface area contributed by atoms with Gasteiger partial charge in [-0.3, -0.25) is 9.59 Å². The fraction of sp³-hybridized carbons (Fsp3) is 0.412. The van der Waals surface area contributed by atoms with Gasteiger partial charge in [-0.15, -0.1) is 5.10 Å². The van der Waals surface area contributed by atoms with E-state index in [-0.39, 0.29) is 17.4 Å². The van der Waals surface area contributed by atoms with Crippen molar-refractivity contribution in [3.05, 3.63) is 40.4 Å². The maximum Gasteiger partial charge on any atom is 0.269 e. The van der Waals surface area contributed by atoms with Crippen LogP contribution in [0.4, 0.5) is 5.69 Å². The summed E-state index contributed by atoms with van der Waals surface area (Å²) in [5, 5.41) is 9.71. The lowest BCUT2D eigenvalue weighted by molar-refractivity contribution is 0.0911. The van der Waals surface area contributed by atoms with Crippen molar-refractivity contribution in [3.8, 4) is 0 Å². The number of aromatic nitrogens is 2. The van der Waals surface area contributed by atoms with Crippen molar-refractivity contribution in [2.24, 2.45) is 0 Å². The van der Waals surface area contributed by atoms with Gasteiger partial charge in [0.25, 0.3) is 11.8 Å². The van der Waals surface area contributed by atoms with Gasteiger partial charge in [0.05, 0.1) is 5.69 Å². The van der Waals surface area contributed by atoms with E-state index in [9.17, 15) is 9.59 Å². The van der Waals surface area contributed by atoms with Crippen LogP contribution in [0.2, 0.25) is 0 Å². The minimum atomic E-state index is -0.250. The van der Waals surface area contributed by atoms with Gasteiger partial charge in [0.2, 0.25) is 0 Å². The predicted octanol–water partition coefficient (Wildman–Crippen LogP) is 3.27. The first-order valence-electron chi connectivity index (χ1n) is 7.91. The molecule has 1 heterocycles. The number of nitrogens with zero attached hydrogens (tertiary/aromatic N) is 2. The second kappa shape index (κ2) is 7.53. The highest BCUT2D eigenvalue weighted by Gasteiger charge is 2.19. The molecule has 0 fully saturated rings. The average molecular weight is 346 g/mol. The van der Waals surface area contributed by atoms with E-state index in [4.69, 9.17) is 0 Å². The highest BCUT2D eigenvalue weighted by molar-refractivity contribution is 7.08. The third-order valence-electron chi connectivity index (χ3n) is 3.84. The average Bonchev–Trinajstić information content (AvgIpc) is 3.04. The molecule has 6 nitrogen and oxygen atoms in total. The number of amides is 2. The molecule has 0 saturated carbocycles. The Labute approximate surface area is 145 Å². The van der Waals surface area contributed by atoms with E-state index in [0.717, 1.165) is 18.0 Å². The zero-order valence-electron chi connectivity index (χ0n) is 14.3. The minimum absolute atomic E-state index is 0.125. The van der Waals surface area contributed by atoms with E-state index in [1.54, 1.807) is 24.3 Å². The number of hydrogen-bond acceptors (Lipinski definition) is 5. The fourth-order valence-corrected chi connectivity index (χ4v) is 2.62. The van der Waals surface area contributed by atoms with Crippen molar-refractivity contribution in [1.82, 2.24) is 14.9 Å². The fourth-order valence-electron chi connectivity index (χ4n) is 1.97. The van der Waals surface area contributed by atoms with Gasteiger partial charge in [0.15, 0.2) is 0 Å². The Morgan fingerprint density at radius 3 is 2.38 bits per heavy atom. The minimum Gasteiger partial charge on any atom is -0.347 e. The first kappa shape index (κ1) is 18.1. The number of nitrogens with one attached hydrogen (secondary N) is 2. The smallest absolute Gasteiger partial charge is 0.269 e. The molecule has 128 valence electrons. The van der Waals surface area contributed by atoms with Crippen molar-refractivity contribution in [2.75, 3.05) is 5.32 Å². The number of anilines is 1. The zero-order valence-corrected chi connectivity index (χ0v) is 15.2. The highest BCUT2D eigenvalue weighted by Crippen LogP contribution is 2.16. The monoisotopic (exact) mass is 346 g/mol. The molecule has 0 atom stereocenters. The third-order valence-corrected chi connectivity index (χ3v) is 4.60. The standard InChI is InChI=1S/C17H22N4O2S/c1-5-13-14(24-21-20-13)16(23)18-12-9-7-11(8-10-12)15(22)19-17(3,4)6-2/h7-10H,5-6H2,1-4H3,(H,18,23)(H,19,22). The first-order valence-corrected chi connectivity index (χ1v) is 8.68. The molecule has 24 heavy (non-hydrogen) atoms. The van der Waals surface area contributed by atoms with E-state index in [1.165, 1.54) is 0 Å². The lowest BCUT2D eigenvalue weighted by atomic mass is 10.0. The van der Waals surface area contributed by atoms with E-state index in [0.29, 0.717) is 28.2 Å². The number of hydrogen-bond donors (Lipinski definition) is 2. The van der Waals surface area contributed by atoms with Gasteiger partial charge < -0.3 is 10.6 Å². The molecule has 0 unspecified atom stereocenters. The summed E-state index contributed by atoms with van der Waals surface area (Å²) in [6.45, 7) is 7.91. The van der Waals surface area contributed by atoms with Gasteiger partial charge in [-0.1, -0.05) is 18.3 Å².